The summed E-state index contributed by atoms with van der Waals surface area (Å²) in [5.74, 6) is 0.00616. The van der Waals surface area contributed by atoms with Crippen LogP contribution < -0.4 is 11.5 Å². The largest absolute Gasteiger partial charge is 0.370 e. The predicted molar refractivity (Wildman–Crippen MR) is 83.8 cm³/mol. The average Bonchev–Trinajstić information content (AvgIpc) is 2.41. The molecule has 1 aromatic heterocycles. The van der Waals surface area contributed by atoms with E-state index in [0.29, 0.717) is 12.1 Å². The molecule has 5 nitrogen and oxygen atoms in total. The first kappa shape index (κ1) is 14.2. The van der Waals surface area contributed by atoms with Gasteiger partial charge in [-0.1, -0.05) is 34.6 Å². The van der Waals surface area contributed by atoms with Crippen molar-refractivity contribution in [3.8, 4) is 11.1 Å². The number of allylic oxidation sites excluding steroid dienone is 1. The van der Waals surface area contributed by atoms with Crippen molar-refractivity contribution in [3.63, 3.8) is 0 Å². The van der Waals surface area contributed by atoms with E-state index in [1.54, 1.807) is 12.4 Å². The van der Waals surface area contributed by atoms with Crippen LogP contribution in [-0.2, 0) is 6.42 Å². The molecule has 2 aromatic rings. The smallest absolute Gasteiger partial charge is 0.190 e. The highest BCUT2D eigenvalue weighted by atomic mass is 79.9. The second-order valence-corrected chi connectivity index (χ2v) is 5.03. The number of nitrogens with two attached hydrogens (primary N) is 2. The Balaban J connectivity index is 2.42. The van der Waals surface area contributed by atoms with E-state index < -0.39 is 0 Å². The molecule has 0 aliphatic carbocycles. The Morgan fingerprint density at radius 3 is 2.60 bits per heavy atom. The number of rotatable bonds is 4. The van der Waals surface area contributed by atoms with Gasteiger partial charge < -0.3 is 11.5 Å². The van der Waals surface area contributed by atoms with Crippen molar-refractivity contribution in [3.05, 3.63) is 59.2 Å². The van der Waals surface area contributed by atoms with Gasteiger partial charge in [-0.25, -0.2) is 15.0 Å². The van der Waals surface area contributed by atoms with Crippen LogP contribution in [0.15, 0.2) is 58.7 Å². The molecule has 20 heavy (non-hydrogen) atoms. The fraction of sp³-hybridized carbons (Fsp3) is 0.0714. The van der Waals surface area contributed by atoms with Crippen LogP contribution in [-0.4, -0.2) is 15.9 Å². The van der Waals surface area contributed by atoms with Crippen molar-refractivity contribution in [1.82, 2.24) is 9.97 Å². The first-order valence-corrected chi connectivity index (χ1v) is 6.67. The number of hydrogen-bond acceptors (Lipinski definition) is 3. The van der Waals surface area contributed by atoms with Crippen LogP contribution >= 0.6 is 15.9 Å². The van der Waals surface area contributed by atoms with Gasteiger partial charge in [0.2, 0.25) is 0 Å². The Bertz CT molecular complexity index is 648. The van der Waals surface area contributed by atoms with E-state index in [-0.39, 0.29) is 5.96 Å². The quantitative estimate of drug-likeness (QED) is 0.664. The van der Waals surface area contributed by atoms with Gasteiger partial charge in [0.15, 0.2) is 5.96 Å². The summed E-state index contributed by atoms with van der Waals surface area (Å²) >= 11 is 3.55. The molecule has 0 bridgehead atoms. The summed E-state index contributed by atoms with van der Waals surface area (Å²) in [6, 6.07) is 5.92. The van der Waals surface area contributed by atoms with Crippen molar-refractivity contribution in [2.24, 2.45) is 16.5 Å². The predicted octanol–water partition coefficient (Wildman–Crippen LogP) is 2.24. The molecule has 2 rings (SSSR count). The molecule has 0 amide bonds. The highest BCUT2D eigenvalue weighted by molar-refractivity contribution is 9.10. The van der Waals surface area contributed by atoms with Crippen LogP contribution in [0.1, 0.15) is 5.56 Å². The molecule has 0 unspecified atom stereocenters. The van der Waals surface area contributed by atoms with Gasteiger partial charge in [0, 0.05) is 34.5 Å². The lowest BCUT2D eigenvalue weighted by Crippen LogP contribution is -2.22. The molecule has 1 aromatic carbocycles. The van der Waals surface area contributed by atoms with Gasteiger partial charge in [-0.15, -0.1) is 0 Å². The normalized spacial score (nSPS) is 10.1. The lowest BCUT2D eigenvalue weighted by atomic mass is 9.99. The van der Waals surface area contributed by atoms with Crippen LogP contribution in [0.4, 0.5) is 0 Å². The molecule has 0 aliphatic heterocycles. The molecular weight excluding hydrogens is 318 g/mol. The molecule has 6 heteroatoms. The van der Waals surface area contributed by atoms with E-state index in [1.165, 1.54) is 6.33 Å². The van der Waals surface area contributed by atoms with Crippen LogP contribution in [0.25, 0.3) is 11.1 Å². The maximum atomic E-state index is 5.37. The van der Waals surface area contributed by atoms with Gasteiger partial charge in [-0.3, -0.25) is 0 Å². The molecule has 0 saturated heterocycles. The minimum Gasteiger partial charge on any atom is -0.370 e. The second-order valence-electron chi connectivity index (χ2n) is 4.17. The fourth-order valence-corrected chi connectivity index (χ4v) is 2.38. The summed E-state index contributed by atoms with van der Waals surface area (Å²) in [6.45, 7) is 3.87. The Kier molecular flexibility index (Phi) is 4.47. The van der Waals surface area contributed by atoms with Gasteiger partial charge in [0.25, 0.3) is 0 Å². The average molecular weight is 332 g/mol. The molecule has 0 spiro atoms. The Hall–Kier alpha value is -2.21. The zero-order valence-electron chi connectivity index (χ0n) is 10.8. The molecule has 102 valence electrons. The number of nitrogens with zero attached hydrogens (tertiary/aromatic N) is 3. The van der Waals surface area contributed by atoms with Crippen LogP contribution in [0.2, 0.25) is 0 Å². The van der Waals surface area contributed by atoms with Crippen LogP contribution in [0.3, 0.4) is 0 Å². The highest BCUT2D eigenvalue weighted by Gasteiger charge is 2.10. The zero-order valence-corrected chi connectivity index (χ0v) is 12.3. The van der Waals surface area contributed by atoms with E-state index in [0.717, 1.165) is 21.2 Å². The summed E-state index contributed by atoms with van der Waals surface area (Å²) in [6.07, 6.45) is 5.56. The van der Waals surface area contributed by atoms with Gasteiger partial charge >= 0.3 is 0 Å². The molecule has 1 heterocycles. The van der Waals surface area contributed by atoms with Gasteiger partial charge in [-0.2, -0.15) is 0 Å². The standard InChI is InChI=1S/C14H14BrN5/c1-9(20-14(16)17)5-12-11(3-2-4-13(12)15)10-6-18-8-19-7-10/h2-4,6-8H,1,5H2,(H4,16,17,20). The van der Waals surface area contributed by atoms with Crippen LogP contribution in [0, 0.1) is 0 Å². The van der Waals surface area contributed by atoms with Crippen molar-refractivity contribution in [1.29, 1.82) is 0 Å². The number of benzene rings is 1. The zero-order chi connectivity index (χ0) is 14.5. The topological polar surface area (TPSA) is 90.2 Å². The Labute approximate surface area is 125 Å². The van der Waals surface area contributed by atoms with Gasteiger partial charge in [-0.05, 0) is 17.2 Å². The molecule has 0 aliphatic rings. The number of aliphatic imine (C=N–C) groups is 1. The summed E-state index contributed by atoms with van der Waals surface area (Å²) in [5.41, 5.74) is 14.3. The molecular formula is C14H14BrN5. The highest BCUT2D eigenvalue weighted by Crippen LogP contribution is 2.30. The maximum Gasteiger partial charge on any atom is 0.190 e. The molecule has 0 radical (unpaired) electrons. The second kappa shape index (κ2) is 6.29. The SMILES string of the molecule is C=C(Cc1c(Br)cccc1-c1cncnc1)N=C(N)N. The van der Waals surface area contributed by atoms with E-state index >= 15 is 0 Å². The van der Waals surface area contributed by atoms with Crippen molar-refractivity contribution < 1.29 is 0 Å². The van der Waals surface area contributed by atoms with E-state index in [1.807, 2.05) is 18.2 Å². The van der Waals surface area contributed by atoms with E-state index in [4.69, 9.17) is 11.5 Å². The van der Waals surface area contributed by atoms with Crippen molar-refractivity contribution >= 4 is 21.9 Å². The van der Waals surface area contributed by atoms with Crippen molar-refractivity contribution in [2.45, 2.75) is 6.42 Å². The number of hydrogen-bond donors (Lipinski definition) is 2. The lowest BCUT2D eigenvalue weighted by molar-refractivity contribution is 1.10. The first-order chi connectivity index (χ1) is 9.58. The maximum absolute atomic E-state index is 5.37. The van der Waals surface area contributed by atoms with E-state index in [9.17, 15) is 0 Å². The minimum absolute atomic E-state index is 0.00616. The number of halogens is 1. The first-order valence-electron chi connectivity index (χ1n) is 5.88. The molecule has 0 fully saturated rings. The monoisotopic (exact) mass is 331 g/mol. The Morgan fingerprint density at radius 1 is 1.25 bits per heavy atom. The van der Waals surface area contributed by atoms with E-state index in [2.05, 4.69) is 37.5 Å². The third-order valence-electron chi connectivity index (χ3n) is 2.66. The molecule has 4 N–H and O–H groups in total. The lowest BCUT2D eigenvalue weighted by Gasteiger charge is -2.11. The Morgan fingerprint density at radius 2 is 1.95 bits per heavy atom. The van der Waals surface area contributed by atoms with Gasteiger partial charge in [0.1, 0.15) is 6.33 Å². The summed E-state index contributed by atoms with van der Waals surface area (Å²) in [4.78, 5) is 12.1. The third kappa shape index (κ3) is 3.42. The molecule has 0 atom stereocenters. The van der Waals surface area contributed by atoms with Crippen LogP contribution in [0.5, 0.6) is 0 Å². The number of aromatic nitrogens is 2. The fourth-order valence-electron chi connectivity index (χ4n) is 1.87. The summed E-state index contributed by atoms with van der Waals surface area (Å²) < 4.78 is 0.964. The van der Waals surface area contributed by atoms with Gasteiger partial charge in [0.05, 0.1) is 0 Å². The molecule has 0 saturated carbocycles. The summed E-state index contributed by atoms with van der Waals surface area (Å²) in [7, 11) is 0. The third-order valence-corrected chi connectivity index (χ3v) is 3.40. The van der Waals surface area contributed by atoms with Crippen molar-refractivity contribution in [2.75, 3.05) is 0 Å². The summed E-state index contributed by atoms with van der Waals surface area (Å²) in [5, 5.41) is 0. The number of guanidine groups is 1. The minimum atomic E-state index is 0.00616.